The van der Waals surface area contributed by atoms with Crippen molar-refractivity contribution in [3.05, 3.63) is 126 Å². The number of para-hydroxylation sites is 1. The van der Waals surface area contributed by atoms with Crippen molar-refractivity contribution in [2.45, 2.75) is 6.61 Å². The number of fused-ring (bicyclic) bond motifs is 2. The Morgan fingerprint density at radius 2 is 1.83 bits per heavy atom. The Morgan fingerprint density at radius 3 is 2.62 bits per heavy atom. The average molecular weight is 708 g/mol. The van der Waals surface area contributed by atoms with Gasteiger partial charge in [0.05, 0.1) is 27.2 Å². The number of hydrogen-bond donors (Lipinski definition) is 1. The number of furan rings is 1. The highest BCUT2D eigenvalue weighted by Crippen LogP contribution is 2.33. The highest BCUT2D eigenvalue weighted by Gasteiger charge is 2.17. The molecule has 0 aliphatic rings. The van der Waals surface area contributed by atoms with E-state index in [0.717, 1.165) is 15.4 Å². The Balaban J connectivity index is 1.42. The molecule has 0 unspecified atom stereocenters. The number of carbonyl (C=O) groups is 1. The van der Waals surface area contributed by atoms with Crippen LogP contribution in [0.4, 0.5) is 0 Å². The first kappa shape index (κ1) is 27.9. The number of ether oxygens (including phenoxy) is 1. The summed E-state index contributed by atoms with van der Waals surface area (Å²) in [6, 6.07) is 24.2. The number of hydrogen-bond acceptors (Lipinski definition) is 6. The molecule has 0 spiro atoms. The van der Waals surface area contributed by atoms with E-state index in [9.17, 15) is 9.59 Å². The van der Waals surface area contributed by atoms with Gasteiger partial charge in [0.15, 0.2) is 5.76 Å². The molecule has 6 aromatic rings. The normalized spacial score (nSPS) is 11.5. The number of benzene rings is 4. The summed E-state index contributed by atoms with van der Waals surface area (Å²) in [6.07, 6.45) is 1.47. The highest BCUT2D eigenvalue weighted by atomic mass is 79.9. The van der Waals surface area contributed by atoms with Gasteiger partial charge in [0.25, 0.3) is 5.56 Å². The molecule has 0 bridgehead atoms. The molecule has 4 aromatic carbocycles. The largest absolute Gasteiger partial charge is 0.487 e. The lowest BCUT2D eigenvalue weighted by Crippen LogP contribution is -2.20. The summed E-state index contributed by atoms with van der Waals surface area (Å²) in [4.78, 5) is 29.6. The molecule has 2 aromatic heterocycles. The van der Waals surface area contributed by atoms with Crippen LogP contribution < -0.4 is 10.3 Å². The van der Waals surface area contributed by atoms with E-state index in [2.05, 4.69) is 37.0 Å². The van der Waals surface area contributed by atoms with Crippen LogP contribution >= 0.6 is 43.5 Å². The van der Waals surface area contributed by atoms with Crippen LogP contribution in [-0.4, -0.2) is 27.0 Å². The predicted octanol–water partition coefficient (Wildman–Crippen LogP) is 8.15. The van der Waals surface area contributed by atoms with Crippen LogP contribution in [0.2, 0.25) is 5.02 Å². The third kappa shape index (κ3) is 5.61. The number of nitrogens with zero attached hydrogens (tertiary/aromatic N) is 3. The molecule has 0 saturated heterocycles. The van der Waals surface area contributed by atoms with Crippen LogP contribution in [0.15, 0.2) is 108 Å². The Morgan fingerprint density at radius 1 is 1.05 bits per heavy atom. The van der Waals surface area contributed by atoms with Crippen molar-refractivity contribution in [3.8, 4) is 17.3 Å². The van der Waals surface area contributed by atoms with Crippen molar-refractivity contribution < 1.29 is 19.1 Å². The van der Waals surface area contributed by atoms with Crippen molar-refractivity contribution in [1.82, 2.24) is 9.66 Å². The van der Waals surface area contributed by atoms with Gasteiger partial charge >= 0.3 is 5.97 Å². The first-order valence-electron chi connectivity index (χ1n) is 12.5. The minimum absolute atomic E-state index is 0.151. The molecule has 42 heavy (non-hydrogen) atoms. The molecule has 0 aliphatic heterocycles. The third-order valence-corrected chi connectivity index (χ3v) is 7.69. The third-order valence-electron chi connectivity index (χ3n) is 6.39. The van der Waals surface area contributed by atoms with Gasteiger partial charge in [-0.1, -0.05) is 51.8 Å². The monoisotopic (exact) mass is 705 g/mol. The summed E-state index contributed by atoms with van der Waals surface area (Å²) in [5, 5.41) is 15.3. The lowest BCUT2D eigenvalue weighted by atomic mass is 10.1. The quantitative estimate of drug-likeness (QED) is 0.168. The number of carboxylic acids is 1. The van der Waals surface area contributed by atoms with Gasteiger partial charge in [-0.05, 0) is 82.2 Å². The van der Waals surface area contributed by atoms with E-state index < -0.39 is 5.97 Å². The zero-order valence-corrected chi connectivity index (χ0v) is 25.4. The maximum atomic E-state index is 13.7. The molecule has 0 aliphatic carbocycles. The Bertz CT molecular complexity index is 2090. The summed E-state index contributed by atoms with van der Waals surface area (Å²) in [5.41, 5.74) is 2.21. The standard InChI is InChI=1S/C31H18Br2ClN3O5/c32-21-9-10-26-19(11-21)13-27(42-26)29-36-25-4-2-1-3-23(25)30(38)37(29)35-15-20-12-22(34)14-24(33)28(20)41-16-17-5-7-18(8-6-17)31(39)40/h1-15H,16H2,(H,39,40). The van der Waals surface area contributed by atoms with Gasteiger partial charge in [-0.3, -0.25) is 4.79 Å². The van der Waals surface area contributed by atoms with E-state index in [-0.39, 0.29) is 23.6 Å². The number of aromatic nitrogens is 2. The van der Waals surface area contributed by atoms with Crippen LogP contribution in [0, 0.1) is 0 Å². The summed E-state index contributed by atoms with van der Waals surface area (Å²) < 4.78 is 14.8. The van der Waals surface area contributed by atoms with Crippen molar-refractivity contribution in [2.24, 2.45) is 5.10 Å². The fraction of sp³-hybridized carbons (Fsp3) is 0.0323. The molecule has 11 heteroatoms. The first-order chi connectivity index (χ1) is 20.3. The van der Waals surface area contributed by atoms with Gasteiger partial charge in [-0.25, -0.2) is 9.78 Å². The van der Waals surface area contributed by atoms with E-state index in [1.165, 1.54) is 23.0 Å². The first-order valence-corrected chi connectivity index (χ1v) is 14.4. The minimum Gasteiger partial charge on any atom is -0.487 e. The zero-order chi connectivity index (χ0) is 29.4. The summed E-state index contributed by atoms with van der Waals surface area (Å²) in [5.74, 6) is 0.0260. The van der Waals surface area contributed by atoms with Gasteiger partial charge < -0.3 is 14.3 Å². The fourth-order valence-corrected chi connectivity index (χ4v) is 5.69. The lowest BCUT2D eigenvalue weighted by molar-refractivity contribution is 0.0697. The molecule has 0 atom stereocenters. The second-order valence-electron chi connectivity index (χ2n) is 9.20. The van der Waals surface area contributed by atoms with Gasteiger partial charge in [0.1, 0.15) is 17.9 Å². The fourth-order valence-electron chi connectivity index (χ4n) is 4.36. The number of rotatable bonds is 7. The average Bonchev–Trinajstić information content (AvgIpc) is 3.39. The van der Waals surface area contributed by atoms with Crippen molar-refractivity contribution in [1.29, 1.82) is 0 Å². The van der Waals surface area contributed by atoms with E-state index >= 15 is 0 Å². The maximum Gasteiger partial charge on any atom is 0.335 e. The SMILES string of the molecule is O=C(O)c1ccc(COc2c(Br)cc(Cl)cc2C=Nn2c(-c3cc4cc(Br)ccc4o3)nc3ccccc3c2=O)cc1. The van der Waals surface area contributed by atoms with Crippen molar-refractivity contribution in [3.63, 3.8) is 0 Å². The van der Waals surface area contributed by atoms with E-state index in [4.69, 9.17) is 30.8 Å². The Hall–Kier alpha value is -4.25. The molecule has 0 radical (unpaired) electrons. The van der Waals surface area contributed by atoms with Crippen molar-refractivity contribution in [2.75, 3.05) is 0 Å². The molecular formula is C31H18Br2ClN3O5. The summed E-state index contributed by atoms with van der Waals surface area (Å²) in [7, 11) is 0. The second-order valence-corrected chi connectivity index (χ2v) is 11.4. The lowest BCUT2D eigenvalue weighted by Gasteiger charge is -2.13. The zero-order valence-electron chi connectivity index (χ0n) is 21.4. The van der Waals surface area contributed by atoms with E-state index in [1.807, 2.05) is 30.3 Å². The Kier molecular flexibility index (Phi) is 7.68. The molecule has 0 amide bonds. The smallest absolute Gasteiger partial charge is 0.335 e. The molecule has 208 valence electrons. The van der Waals surface area contributed by atoms with Crippen LogP contribution in [0.5, 0.6) is 5.75 Å². The highest BCUT2D eigenvalue weighted by molar-refractivity contribution is 9.10. The molecule has 8 nitrogen and oxygen atoms in total. The molecule has 0 fully saturated rings. The van der Waals surface area contributed by atoms with Gasteiger partial charge in [-0.2, -0.15) is 9.78 Å². The van der Waals surface area contributed by atoms with E-state index in [1.54, 1.807) is 42.5 Å². The van der Waals surface area contributed by atoms with Crippen LogP contribution in [-0.2, 0) is 6.61 Å². The Labute approximate surface area is 260 Å². The van der Waals surface area contributed by atoms with Gasteiger partial charge in [0.2, 0.25) is 5.82 Å². The molecule has 6 rings (SSSR count). The van der Waals surface area contributed by atoms with Crippen LogP contribution in [0.25, 0.3) is 33.5 Å². The van der Waals surface area contributed by atoms with Crippen molar-refractivity contribution >= 4 is 77.5 Å². The summed E-state index contributed by atoms with van der Waals surface area (Å²) >= 11 is 13.3. The van der Waals surface area contributed by atoms with Gasteiger partial charge in [-0.15, -0.1) is 0 Å². The number of carboxylic acid groups (broad SMARTS) is 1. The molecular weight excluding hydrogens is 690 g/mol. The maximum absolute atomic E-state index is 13.7. The second kappa shape index (κ2) is 11.6. The molecule has 1 N–H and O–H groups in total. The van der Waals surface area contributed by atoms with Crippen LogP contribution in [0.3, 0.4) is 0 Å². The molecule has 0 saturated carbocycles. The molecule has 2 heterocycles. The van der Waals surface area contributed by atoms with Crippen LogP contribution in [0.1, 0.15) is 21.5 Å². The van der Waals surface area contributed by atoms with Gasteiger partial charge in [0, 0.05) is 20.4 Å². The minimum atomic E-state index is -1.00. The van der Waals surface area contributed by atoms with E-state index in [0.29, 0.717) is 43.1 Å². The number of halogens is 3. The number of aromatic carboxylic acids is 1. The predicted molar refractivity (Wildman–Crippen MR) is 169 cm³/mol. The summed E-state index contributed by atoms with van der Waals surface area (Å²) in [6.45, 7) is 0.151. The topological polar surface area (TPSA) is 107 Å².